The molecule has 0 aromatic heterocycles. The van der Waals surface area contributed by atoms with Crippen LogP contribution in [0.1, 0.15) is 54.9 Å². The van der Waals surface area contributed by atoms with Gasteiger partial charge in [0.25, 0.3) is 0 Å². The third-order valence-corrected chi connectivity index (χ3v) is 4.11. The summed E-state index contributed by atoms with van der Waals surface area (Å²) < 4.78 is 0. The largest absolute Gasteiger partial charge is 0.478 e. The summed E-state index contributed by atoms with van der Waals surface area (Å²) in [5.41, 5.74) is 1.42. The van der Waals surface area contributed by atoms with Crippen molar-refractivity contribution < 1.29 is 14.7 Å². The van der Waals surface area contributed by atoms with Crippen molar-refractivity contribution in [1.29, 1.82) is 0 Å². The number of rotatable bonds is 5. The van der Waals surface area contributed by atoms with Crippen molar-refractivity contribution >= 4 is 11.8 Å². The van der Waals surface area contributed by atoms with E-state index in [1.165, 1.54) is 19.3 Å². The van der Waals surface area contributed by atoms with Gasteiger partial charge in [0.15, 0.2) is 0 Å². The minimum absolute atomic E-state index is 0.244. The average Bonchev–Trinajstić information content (AvgIpc) is 2.65. The highest BCUT2D eigenvalue weighted by Crippen LogP contribution is 2.22. The Balaban J connectivity index is 2.06. The molecular weight excluding hydrogens is 266 g/mol. The van der Waals surface area contributed by atoms with E-state index in [2.05, 4.69) is 4.90 Å². The maximum absolute atomic E-state index is 11.4. The Kier molecular flexibility index (Phi) is 5.51. The summed E-state index contributed by atoms with van der Waals surface area (Å²) in [6.07, 6.45) is 5.27. The van der Waals surface area contributed by atoms with E-state index in [4.69, 9.17) is 5.11 Å². The number of likely N-dealkylation sites (tertiary alicyclic amines) is 1. The van der Waals surface area contributed by atoms with Gasteiger partial charge in [-0.3, -0.25) is 9.69 Å². The number of hydrogen-bond acceptors (Lipinski definition) is 3. The molecule has 1 fully saturated rings. The summed E-state index contributed by atoms with van der Waals surface area (Å²) in [4.78, 5) is 24.7. The minimum atomic E-state index is -0.897. The first kappa shape index (κ1) is 15.7. The van der Waals surface area contributed by atoms with Crippen molar-refractivity contribution in [2.45, 2.75) is 51.6 Å². The molecule has 1 aliphatic heterocycles. The minimum Gasteiger partial charge on any atom is -0.478 e. The molecule has 1 unspecified atom stereocenters. The normalized spacial score (nSPS) is 20.0. The first-order valence-electron chi connectivity index (χ1n) is 7.62. The van der Waals surface area contributed by atoms with Crippen LogP contribution in [0.15, 0.2) is 24.3 Å². The molecular formula is C17H23NO3. The van der Waals surface area contributed by atoms with Crippen molar-refractivity contribution in [2.75, 3.05) is 6.54 Å². The van der Waals surface area contributed by atoms with Crippen molar-refractivity contribution in [3.8, 4) is 0 Å². The van der Waals surface area contributed by atoms with E-state index in [0.717, 1.165) is 25.1 Å². The zero-order chi connectivity index (χ0) is 15.2. The summed E-state index contributed by atoms with van der Waals surface area (Å²) in [6, 6.07) is 7.37. The lowest BCUT2D eigenvalue weighted by Gasteiger charge is -2.29. The van der Waals surface area contributed by atoms with Crippen LogP contribution in [-0.2, 0) is 11.3 Å². The van der Waals surface area contributed by atoms with Crippen LogP contribution in [0.3, 0.4) is 0 Å². The van der Waals surface area contributed by atoms with Gasteiger partial charge in [0.1, 0.15) is 5.78 Å². The molecule has 1 heterocycles. The highest BCUT2D eigenvalue weighted by molar-refractivity contribution is 5.87. The molecule has 4 heteroatoms. The number of carbonyl (C=O) groups excluding carboxylic acids is 1. The van der Waals surface area contributed by atoms with Gasteiger partial charge in [-0.2, -0.15) is 0 Å². The fraction of sp³-hybridized carbons (Fsp3) is 0.529. The van der Waals surface area contributed by atoms with E-state index in [1.807, 2.05) is 12.1 Å². The molecule has 0 bridgehead atoms. The lowest BCUT2D eigenvalue weighted by Crippen LogP contribution is -2.35. The van der Waals surface area contributed by atoms with Gasteiger partial charge in [-0.05, 0) is 44.0 Å². The number of hydrogen-bond donors (Lipinski definition) is 1. The number of nitrogens with zero attached hydrogens (tertiary/aromatic N) is 1. The lowest BCUT2D eigenvalue weighted by molar-refractivity contribution is -0.118. The van der Waals surface area contributed by atoms with Gasteiger partial charge in [0, 0.05) is 19.0 Å². The molecule has 0 radical (unpaired) electrons. The number of benzene rings is 1. The van der Waals surface area contributed by atoms with E-state index < -0.39 is 5.97 Å². The Morgan fingerprint density at radius 3 is 2.52 bits per heavy atom. The van der Waals surface area contributed by atoms with Gasteiger partial charge in [-0.25, -0.2) is 4.79 Å². The Hall–Kier alpha value is -1.68. The molecule has 114 valence electrons. The molecule has 1 aliphatic rings. The molecule has 0 spiro atoms. The van der Waals surface area contributed by atoms with Gasteiger partial charge in [-0.15, -0.1) is 0 Å². The second kappa shape index (κ2) is 7.36. The van der Waals surface area contributed by atoms with Crippen LogP contribution >= 0.6 is 0 Å². The second-order valence-corrected chi connectivity index (χ2v) is 5.88. The van der Waals surface area contributed by atoms with Crippen LogP contribution in [0, 0.1) is 0 Å². The fourth-order valence-corrected chi connectivity index (χ4v) is 3.00. The van der Waals surface area contributed by atoms with E-state index >= 15 is 0 Å². The van der Waals surface area contributed by atoms with Crippen molar-refractivity contribution in [3.05, 3.63) is 35.4 Å². The smallest absolute Gasteiger partial charge is 0.335 e. The second-order valence-electron chi connectivity index (χ2n) is 5.88. The molecule has 1 saturated heterocycles. The van der Waals surface area contributed by atoms with Crippen molar-refractivity contribution in [3.63, 3.8) is 0 Å². The standard InChI is InChI=1S/C17H23NO3/c1-13(19)11-16-5-3-2-4-10-18(16)12-14-6-8-15(9-7-14)17(20)21/h6-9,16H,2-5,10-12H2,1H3,(H,20,21). The Bertz CT molecular complexity index is 495. The van der Waals surface area contributed by atoms with Gasteiger partial charge < -0.3 is 5.11 Å². The number of carboxylic acid groups (broad SMARTS) is 1. The number of Topliss-reactive ketones (excluding diaryl/α,β-unsaturated/α-hetero) is 1. The topological polar surface area (TPSA) is 57.6 Å². The maximum atomic E-state index is 11.4. The van der Waals surface area contributed by atoms with Crippen LogP contribution in [0.2, 0.25) is 0 Å². The van der Waals surface area contributed by atoms with E-state index in [9.17, 15) is 9.59 Å². The summed E-state index contributed by atoms with van der Waals surface area (Å²) in [6.45, 7) is 3.46. The molecule has 2 rings (SSSR count). The van der Waals surface area contributed by atoms with Gasteiger partial charge in [0.2, 0.25) is 0 Å². The molecule has 21 heavy (non-hydrogen) atoms. The summed E-state index contributed by atoms with van der Waals surface area (Å²) in [5.74, 6) is -0.654. The zero-order valence-corrected chi connectivity index (χ0v) is 12.5. The Labute approximate surface area is 125 Å². The Morgan fingerprint density at radius 2 is 1.90 bits per heavy atom. The fourth-order valence-electron chi connectivity index (χ4n) is 3.00. The molecule has 1 N–H and O–H groups in total. The average molecular weight is 289 g/mol. The van der Waals surface area contributed by atoms with E-state index in [0.29, 0.717) is 18.0 Å². The van der Waals surface area contributed by atoms with Crippen LogP contribution in [0.5, 0.6) is 0 Å². The number of carbonyl (C=O) groups is 2. The number of carboxylic acids is 1. The van der Waals surface area contributed by atoms with Gasteiger partial charge in [0.05, 0.1) is 5.56 Å². The van der Waals surface area contributed by atoms with Gasteiger partial charge >= 0.3 is 5.97 Å². The lowest BCUT2D eigenvalue weighted by atomic mass is 10.0. The molecule has 1 aromatic rings. The highest BCUT2D eigenvalue weighted by Gasteiger charge is 2.22. The Morgan fingerprint density at radius 1 is 1.19 bits per heavy atom. The molecule has 1 atom stereocenters. The number of ketones is 1. The molecule has 1 aromatic carbocycles. The van der Waals surface area contributed by atoms with E-state index in [-0.39, 0.29) is 5.78 Å². The van der Waals surface area contributed by atoms with Crippen LogP contribution < -0.4 is 0 Å². The predicted molar refractivity (Wildman–Crippen MR) is 81.4 cm³/mol. The first-order valence-corrected chi connectivity index (χ1v) is 7.62. The summed E-state index contributed by atoms with van der Waals surface area (Å²) in [5, 5.41) is 8.93. The summed E-state index contributed by atoms with van der Waals surface area (Å²) in [7, 11) is 0. The third kappa shape index (κ3) is 4.67. The quantitative estimate of drug-likeness (QED) is 0.905. The number of aromatic carboxylic acids is 1. The van der Waals surface area contributed by atoms with Crippen LogP contribution in [0.25, 0.3) is 0 Å². The van der Waals surface area contributed by atoms with Crippen molar-refractivity contribution in [2.24, 2.45) is 0 Å². The van der Waals surface area contributed by atoms with Crippen molar-refractivity contribution in [1.82, 2.24) is 4.90 Å². The van der Waals surface area contributed by atoms with Crippen LogP contribution in [-0.4, -0.2) is 34.3 Å². The molecule has 4 nitrogen and oxygen atoms in total. The zero-order valence-electron chi connectivity index (χ0n) is 12.5. The highest BCUT2D eigenvalue weighted by atomic mass is 16.4. The predicted octanol–water partition coefficient (Wildman–Crippen LogP) is 3.11. The van der Waals surface area contributed by atoms with Gasteiger partial charge in [-0.1, -0.05) is 25.0 Å². The van der Waals surface area contributed by atoms with E-state index in [1.54, 1.807) is 19.1 Å². The molecule has 0 aliphatic carbocycles. The summed E-state index contributed by atoms with van der Waals surface area (Å²) >= 11 is 0. The molecule has 0 amide bonds. The monoisotopic (exact) mass is 289 g/mol. The van der Waals surface area contributed by atoms with Crippen LogP contribution in [0.4, 0.5) is 0 Å². The first-order chi connectivity index (χ1) is 10.1. The third-order valence-electron chi connectivity index (χ3n) is 4.11. The SMILES string of the molecule is CC(=O)CC1CCCCCN1Cc1ccc(C(=O)O)cc1. The molecule has 0 saturated carbocycles. The maximum Gasteiger partial charge on any atom is 0.335 e.